The maximum Gasteiger partial charge on any atom is -0.0163 e. The van der Waals surface area contributed by atoms with E-state index in [0.717, 1.165) is 6.42 Å². The van der Waals surface area contributed by atoms with Gasteiger partial charge in [0.2, 0.25) is 0 Å². The van der Waals surface area contributed by atoms with Crippen molar-refractivity contribution in [2.75, 3.05) is 0 Å². The lowest BCUT2D eigenvalue weighted by molar-refractivity contribution is 0.333. The Morgan fingerprint density at radius 1 is 1.07 bits per heavy atom. The molecule has 0 atom stereocenters. The van der Waals surface area contributed by atoms with Crippen LogP contribution in [-0.2, 0) is 0 Å². The van der Waals surface area contributed by atoms with Crippen LogP contribution in [0.15, 0.2) is 35.5 Å². The maximum absolute atomic E-state index is 2.39. The Morgan fingerprint density at radius 3 is 2.57 bits per heavy atom. The Balaban J connectivity index is 2.30. The molecule has 2 aliphatic rings. The van der Waals surface area contributed by atoms with Crippen molar-refractivity contribution in [3.8, 4) is 0 Å². The molecular formula is C14H20. The van der Waals surface area contributed by atoms with Crippen molar-refractivity contribution in [2.45, 2.75) is 46.0 Å². The van der Waals surface area contributed by atoms with Crippen LogP contribution in [0, 0.1) is 5.41 Å². The van der Waals surface area contributed by atoms with Crippen LogP contribution in [0.4, 0.5) is 0 Å². The number of rotatable bonds is 0. The highest BCUT2D eigenvalue weighted by Gasteiger charge is 2.23. The first-order valence-corrected chi connectivity index (χ1v) is 5.72. The highest BCUT2D eigenvalue weighted by molar-refractivity contribution is 5.37. The van der Waals surface area contributed by atoms with Crippen molar-refractivity contribution in [3.05, 3.63) is 35.5 Å². The quantitative estimate of drug-likeness (QED) is 0.528. The fraction of sp³-hybridized carbons (Fsp3) is 0.571. The molecule has 76 valence electrons. The molecule has 0 nitrogen and oxygen atoms in total. The van der Waals surface area contributed by atoms with Crippen LogP contribution in [0.3, 0.4) is 0 Å². The summed E-state index contributed by atoms with van der Waals surface area (Å²) in [7, 11) is 0. The summed E-state index contributed by atoms with van der Waals surface area (Å²) in [6.07, 6.45) is 15.6. The highest BCUT2D eigenvalue weighted by Crippen LogP contribution is 2.38. The smallest absolute Gasteiger partial charge is 0.0163 e. The minimum Gasteiger partial charge on any atom is -0.0805 e. The minimum absolute atomic E-state index is 0.500. The van der Waals surface area contributed by atoms with Crippen LogP contribution in [0.1, 0.15) is 46.0 Å². The molecule has 0 N–H and O–H groups in total. The second kappa shape index (κ2) is 3.76. The molecule has 0 heterocycles. The second-order valence-electron chi connectivity index (χ2n) is 5.29. The molecular weight excluding hydrogens is 168 g/mol. The standard InChI is InChI=1S/C14H20/c1-14(2)10-6-9-12-7-4-3-5-8-13(12)11-14/h4-5,7-8H,3,6,9-11H2,1-2H3. The summed E-state index contributed by atoms with van der Waals surface area (Å²) >= 11 is 0. The van der Waals surface area contributed by atoms with Gasteiger partial charge in [-0.2, -0.15) is 0 Å². The summed E-state index contributed by atoms with van der Waals surface area (Å²) < 4.78 is 0. The third-order valence-corrected chi connectivity index (χ3v) is 3.29. The Hall–Kier alpha value is -0.780. The summed E-state index contributed by atoms with van der Waals surface area (Å²) in [6.45, 7) is 4.79. The lowest BCUT2D eigenvalue weighted by Crippen LogP contribution is -2.10. The third-order valence-electron chi connectivity index (χ3n) is 3.29. The molecule has 0 saturated heterocycles. The van der Waals surface area contributed by atoms with E-state index in [4.69, 9.17) is 0 Å². The van der Waals surface area contributed by atoms with E-state index in [0.29, 0.717) is 5.41 Å². The van der Waals surface area contributed by atoms with Gasteiger partial charge in [-0.1, -0.05) is 38.2 Å². The van der Waals surface area contributed by atoms with Crippen LogP contribution in [0.5, 0.6) is 0 Å². The molecule has 0 amide bonds. The van der Waals surface area contributed by atoms with E-state index in [2.05, 4.69) is 38.2 Å². The second-order valence-corrected chi connectivity index (χ2v) is 5.29. The van der Waals surface area contributed by atoms with Crippen LogP contribution in [0.2, 0.25) is 0 Å². The van der Waals surface area contributed by atoms with Gasteiger partial charge in [-0.05, 0) is 48.7 Å². The zero-order valence-electron chi connectivity index (χ0n) is 9.34. The molecule has 2 rings (SSSR count). The molecule has 0 spiro atoms. The Labute approximate surface area is 87.4 Å². The van der Waals surface area contributed by atoms with Gasteiger partial charge in [0, 0.05) is 0 Å². The Bertz CT molecular complexity index is 300. The van der Waals surface area contributed by atoms with Gasteiger partial charge in [0.1, 0.15) is 0 Å². The van der Waals surface area contributed by atoms with Gasteiger partial charge >= 0.3 is 0 Å². The van der Waals surface area contributed by atoms with Gasteiger partial charge in [0.05, 0.1) is 0 Å². The molecule has 0 heteroatoms. The molecule has 0 aromatic rings. The Morgan fingerprint density at radius 2 is 1.79 bits per heavy atom. The van der Waals surface area contributed by atoms with Gasteiger partial charge in [-0.25, -0.2) is 0 Å². The molecule has 0 aromatic carbocycles. The summed E-state index contributed by atoms with van der Waals surface area (Å²) in [5, 5.41) is 0. The lowest BCUT2D eigenvalue weighted by Gasteiger charge is -2.22. The summed E-state index contributed by atoms with van der Waals surface area (Å²) in [4.78, 5) is 0. The lowest BCUT2D eigenvalue weighted by atomic mass is 9.83. The molecule has 14 heavy (non-hydrogen) atoms. The normalized spacial score (nSPS) is 25.6. The van der Waals surface area contributed by atoms with Crippen LogP contribution < -0.4 is 0 Å². The van der Waals surface area contributed by atoms with Crippen LogP contribution in [-0.4, -0.2) is 0 Å². The van der Waals surface area contributed by atoms with Crippen molar-refractivity contribution in [1.29, 1.82) is 0 Å². The largest absolute Gasteiger partial charge is 0.0805 e. The van der Waals surface area contributed by atoms with E-state index >= 15 is 0 Å². The monoisotopic (exact) mass is 188 g/mol. The maximum atomic E-state index is 2.39. The van der Waals surface area contributed by atoms with Gasteiger partial charge in [-0.15, -0.1) is 0 Å². The van der Waals surface area contributed by atoms with Gasteiger partial charge < -0.3 is 0 Å². The van der Waals surface area contributed by atoms with Gasteiger partial charge in [0.15, 0.2) is 0 Å². The van der Waals surface area contributed by atoms with E-state index in [1.165, 1.54) is 25.7 Å². The molecule has 0 aliphatic heterocycles. The first kappa shape index (κ1) is 9.76. The number of hydrogen-bond acceptors (Lipinski definition) is 0. The average molecular weight is 188 g/mol. The summed E-state index contributed by atoms with van der Waals surface area (Å²) in [5.41, 5.74) is 3.67. The summed E-state index contributed by atoms with van der Waals surface area (Å²) in [5.74, 6) is 0. The van der Waals surface area contributed by atoms with Crippen molar-refractivity contribution in [3.63, 3.8) is 0 Å². The molecule has 0 aromatic heterocycles. The first-order valence-electron chi connectivity index (χ1n) is 5.72. The highest BCUT2D eigenvalue weighted by atomic mass is 14.3. The van der Waals surface area contributed by atoms with Crippen molar-refractivity contribution in [2.24, 2.45) is 5.41 Å². The predicted octanol–water partition coefficient (Wildman–Crippen LogP) is 4.40. The SMILES string of the molecule is CC1(C)CCCC2=C(C=CCC=C2)C1. The zero-order chi connectivity index (χ0) is 10.0. The van der Waals surface area contributed by atoms with Gasteiger partial charge in [-0.3, -0.25) is 0 Å². The fourth-order valence-corrected chi connectivity index (χ4v) is 2.49. The molecule has 0 saturated carbocycles. The predicted molar refractivity (Wildman–Crippen MR) is 62.2 cm³/mol. The fourth-order valence-electron chi connectivity index (χ4n) is 2.49. The zero-order valence-corrected chi connectivity index (χ0v) is 9.34. The number of hydrogen-bond donors (Lipinski definition) is 0. The summed E-state index contributed by atoms with van der Waals surface area (Å²) in [6, 6.07) is 0. The topological polar surface area (TPSA) is 0 Å². The van der Waals surface area contributed by atoms with E-state index in [1.807, 2.05) is 0 Å². The van der Waals surface area contributed by atoms with Crippen molar-refractivity contribution < 1.29 is 0 Å². The molecule has 2 aliphatic carbocycles. The van der Waals surface area contributed by atoms with Crippen LogP contribution in [0.25, 0.3) is 0 Å². The van der Waals surface area contributed by atoms with Crippen molar-refractivity contribution >= 4 is 0 Å². The van der Waals surface area contributed by atoms with Crippen molar-refractivity contribution in [1.82, 2.24) is 0 Å². The Kier molecular flexibility index (Phi) is 2.62. The molecule has 0 bridgehead atoms. The van der Waals surface area contributed by atoms with E-state index in [9.17, 15) is 0 Å². The number of allylic oxidation sites excluding steroid dienone is 6. The van der Waals surface area contributed by atoms with E-state index in [1.54, 1.807) is 11.1 Å². The average Bonchev–Trinajstić information content (AvgIpc) is 2.36. The molecule has 0 fully saturated rings. The molecule has 0 unspecified atom stereocenters. The van der Waals surface area contributed by atoms with Gasteiger partial charge in [0.25, 0.3) is 0 Å². The van der Waals surface area contributed by atoms with E-state index in [-0.39, 0.29) is 0 Å². The van der Waals surface area contributed by atoms with Crippen LogP contribution >= 0.6 is 0 Å². The third kappa shape index (κ3) is 2.17. The first-order chi connectivity index (χ1) is 6.67. The minimum atomic E-state index is 0.500. The molecule has 0 radical (unpaired) electrons. The van der Waals surface area contributed by atoms with E-state index < -0.39 is 0 Å².